The molecule has 0 fully saturated rings. The summed E-state index contributed by atoms with van der Waals surface area (Å²) in [7, 11) is 0. The molecule has 0 saturated heterocycles. The van der Waals surface area contributed by atoms with Gasteiger partial charge < -0.3 is 0 Å². The van der Waals surface area contributed by atoms with Crippen LogP contribution in [0.15, 0.2) is 39.8 Å². The Balaban J connectivity index is 0.00000312. The summed E-state index contributed by atoms with van der Waals surface area (Å²) in [5, 5.41) is 0. The van der Waals surface area contributed by atoms with Crippen molar-refractivity contribution in [3.63, 3.8) is 0 Å². The maximum absolute atomic E-state index is 6.76. The summed E-state index contributed by atoms with van der Waals surface area (Å²) in [4.78, 5) is 0. The summed E-state index contributed by atoms with van der Waals surface area (Å²) >= 11 is -1.88. The fraction of sp³-hybridized carbons (Fsp3) is 0.500. The molecule has 1 aromatic carbocycles. The fourth-order valence-corrected chi connectivity index (χ4v) is 6.97. The van der Waals surface area contributed by atoms with E-state index in [1.807, 2.05) is 0 Å². The SMILES string of the molecule is CC[C](CC)=[Ti]([O]c1cc(C)cc(C(C)(C)C)c1)[C]1=C(C)C=CC1.Cl.Cl. The molecule has 2 rings (SSSR count). The molecule has 0 radical (unpaired) electrons. The van der Waals surface area contributed by atoms with Gasteiger partial charge in [-0.25, -0.2) is 0 Å². The molecule has 0 atom stereocenters. The predicted octanol–water partition coefficient (Wildman–Crippen LogP) is 7.27. The summed E-state index contributed by atoms with van der Waals surface area (Å²) < 4.78 is 10.00. The molecule has 4 heteroatoms. The van der Waals surface area contributed by atoms with Crippen LogP contribution in [0.25, 0.3) is 0 Å². The molecule has 26 heavy (non-hydrogen) atoms. The van der Waals surface area contributed by atoms with Gasteiger partial charge in [0.25, 0.3) is 0 Å². The molecular formula is C22H34Cl2OTi. The Hall–Kier alpha value is -0.336. The summed E-state index contributed by atoms with van der Waals surface area (Å²) in [6, 6.07) is 6.77. The summed E-state index contributed by atoms with van der Waals surface area (Å²) in [5.41, 5.74) is 4.24. The standard InChI is InChI=1S/C11H16O.C6H7.C5H10.2ClH.Ti/c1-8-5-9(11(2,3)4)7-10(12)6-8;1-6-4-2-3-5-6;1-3-5-4-2;;;/h5-7,12H,1-4H3;2,4H,3H2,1H3;3-4H2,1-2H3;2*1H;/q;;;;;+1/p-1. The van der Waals surface area contributed by atoms with Gasteiger partial charge >= 0.3 is 155 Å². The predicted molar refractivity (Wildman–Crippen MR) is 117 cm³/mol. The monoisotopic (exact) mass is 432 g/mol. The van der Waals surface area contributed by atoms with Crippen LogP contribution in [0.1, 0.15) is 71.9 Å². The van der Waals surface area contributed by atoms with Gasteiger partial charge in [-0.3, -0.25) is 0 Å². The van der Waals surface area contributed by atoms with Gasteiger partial charge in [-0.1, -0.05) is 0 Å². The Morgan fingerprint density at radius 3 is 2.12 bits per heavy atom. The number of hydrogen-bond acceptors (Lipinski definition) is 1. The van der Waals surface area contributed by atoms with Crippen molar-refractivity contribution in [2.24, 2.45) is 0 Å². The fourth-order valence-electron chi connectivity index (χ4n) is 3.16. The van der Waals surface area contributed by atoms with E-state index in [1.165, 1.54) is 16.7 Å². The molecule has 1 nitrogen and oxygen atoms in total. The minimum absolute atomic E-state index is 0. The second-order valence-corrected chi connectivity index (χ2v) is 11.2. The maximum Gasteiger partial charge on any atom is -0.147 e. The van der Waals surface area contributed by atoms with Crippen molar-refractivity contribution in [3.8, 4) is 5.75 Å². The summed E-state index contributed by atoms with van der Waals surface area (Å²) in [6.07, 6.45) is 7.93. The van der Waals surface area contributed by atoms with Crippen molar-refractivity contribution in [3.05, 3.63) is 50.9 Å². The third-order valence-corrected chi connectivity index (χ3v) is 9.34. The molecule has 0 N–H and O–H groups in total. The Kier molecular flexibility index (Phi) is 10.7. The molecule has 0 unspecified atom stereocenters. The average molecular weight is 433 g/mol. The van der Waals surface area contributed by atoms with Crippen LogP contribution in [0.3, 0.4) is 0 Å². The van der Waals surface area contributed by atoms with E-state index in [9.17, 15) is 0 Å². The van der Waals surface area contributed by atoms with Crippen LogP contribution in [0.5, 0.6) is 5.75 Å². The number of allylic oxidation sites excluding steroid dienone is 4. The first kappa shape index (κ1) is 25.7. The third kappa shape index (κ3) is 6.38. The van der Waals surface area contributed by atoms with E-state index < -0.39 is 17.8 Å². The van der Waals surface area contributed by atoms with E-state index in [4.69, 9.17) is 3.32 Å². The Bertz CT molecular complexity index is 703. The average Bonchev–Trinajstić information content (AvgIpc) is 2.92. The van der Waals surface area contributed by atoms with Crippen molar-refractivity contribution in [2.45, 2.75) is 73.1 Å². The van der Waals surface area contributed by atoms with Gasteiger partial charge in [0, 0.05) is 0 Å². The van der Waals surface area contributed by atoms with Crippen molar-refractivity contribution in [1.82, 2.24) is 0 Å². The van der Waals surface area contributed by atoms with Gasteiger partial charge in [0.15, 0.2) is 0 Å². The van der Waals surface area contributed by atoms with E-state index in [0.29, 0.717) is 0 Å². The first-order valence-electron chi connectivity index (χ1n) is 9.15. The zero-order valence-corrected chi connectivity index (χ0v) is 20.4. The molecule has 0 amide bonds. The minimum atomic E-state index is -1.88. The quantitative estimate of drug-likeness (QED) is 0.444. The minimum Gasteiger partial charge on any atom is -0.147 e. The van der Waals surface area contributed by atoms with Crippen molar-refractivity contribution >= 4 is 28.6 Å². The van der Waals surface area contributed by atoms with Crippen LogP contribution in [0.4, 0.5) is 0 Å². The zero-order chi connectivity index (χ0) is 17.9. The molecule has 0 spiro atoms. The third-order valence-electron chi connectivity index (χ3n) is 4.75. The van der Waals surface area contributed by atoms with E-state index >= 15 is 0 Å². The van der Waals surface area contributed by atoms with E-state index in [0.717, 1.165) is 25.0 Å². The van der Waals surface area contributed by atoms with Crippen LogP contribution in [0, 0.1) is 6.92 Å². The van der Waals surface area contributed by atoms with Crippen LogP contribution < -0.4 is 3.32 Å². The van der Waals surface area contributed by atoms with Gasteiger partial charge in [-0.15, -0.1) is 24.8 Å². The molecule has 0 bridgehead atoms. The van der Waals surface area contributed by atoms with Gasteiger partial charge in [0.05, 0.1) is 0 Å². The Labute approximate surface area is 178 Å². The van der Waals surface area contributed by atoms with Crippen LogP contribution >= 0.6 is 24.8 Å². The van der Waals surface area contributed by atoms with Crippen LogP contribution in [-0.2, 0) is 23.2 Å². The van der Waals surface area contributed by atoms with E-state index in [1.54, 1.807) is 7.69 Å². The topological polar surface area (TPSA) is 9.23 Å². The van der Waals surface area contributed by atoms with Crippen LogP contribution in [0.2, 0.25) is 0 Å². The van der Waals surface area contributed by atoms with Crippen molar-refractivity contribution in [2.75, 3.05) is 0 Å². The molecule has 1 aliphatic rings. The van der Waals surface area contributed by atoms with Gasteiger partial charge in [-0.2, -0.15) is 0 Å². The molecule has 0 saturated carbocycles. The van der Waals surface area contributed by atoms with Gasteiger partial charge in [0.2, 0.25) is 0 Å². The summed E-state index contributed by atoms with van der Waals surface area (Å²) in [6.45, 7) is 15.8. The molecule has 0 aromatic heterocycles. The molecule has 1 aliphatic carbocycles. The number of aryl methyl sites for hydroxylation is 1. The van der Waals surface area contributed by atoms with E-state index in [-0.39, 0.29) is 30.2 Å². The van der Waals surface area contributed by atoms with Gasteiger partial charge in [0.1, 0.15) is 0 Å². The largest absolute Gasteiger partial charge is 0.147 e. The van der Waals surface area contributed by atoms with Crippen molar-refractivity contribution in [1.29, 1.82) is 0 Å². The smallest absolute Gasteiger partial charge is 0.147 e. The first-order valence-corrected chi connectivity index (χ1v) is 11.3. The Morgan fingerprint density at radius 1 is 1.04 bits per heavy atom. The first-order chi connectivity index (χ1) is 11.3. The number of hydrogen-bond donors (Lipinski definition) is 0. The normalized spacial score (nSPS) is 13.2. The summed E-state index contributed by atoms with van der Waals surface area (Å²) in [5.74, 6) is 1.07. The number of halogens is 2. The maximum atomic E-state index is 6.76. The molecule has 0 aliphatic heterocycles. The van der Waals surface area contributed by atoms with Crippen molar-refractivity contribution < 1.29 is 21.1 Å². The number of rotatable bonds is 5. The van der Waals surface area contributed by atoms with E-state index in [2.05, 4.69) is 78.8 Å². The molecular weight excluding hydrogens is 399 g/mol. The van der Waals surface area contributed by atoms with Gasteiger partial charge in [-0.05, 0) is 0 Å². The molecule has 0 heterocycles. The van der Waals surface area contributed by atoms with Crippen LogP contribution in [-0.4, -0.2) is 3.81 Å². The molecule has 1 aromatic rings. The number of benzene rings is 1. The zero-order valence-electron chi connectivity index (χ0n) is 17.2. The second kappa shape index (κ2) is 10.9. The second-order valence-electron chi connectivity index (χ2n) is 7.79. The Morgan fingerprint density at radius 2 is 1.65 bits per heavy atom. The molecule has 146 valence electrons.